The number of nitrogens with two attached hydrogens (primary N) is 1. The molecule has 0 fully saturated rings. The molecule has 1 amide bonds. The zero-order chi connectivity index (χ0) is 15.8. The normalized spacial score (nSPS) is 12.7. The molecule has 1 unspecified atom stereocenters. The van der Waals surface area contributed by atoms with Crippen molar-refractivity contribution in [3.05, 3.63) is 35.4 Å². The van der Waals surface area contributed by atoms with Crippen LogP contribution in [0.25, 0.3) is 0 Å². The van der Waals surface area contributed by atoms with Crippen LogP contribution in [0.3, 0.4) is 0 Å². The Labute approximate surface area is 128 Å². The Morgan fingerprint density at radius 1 is 1.24 bits per heavy atom. The largest absolute Gasteiger partial charge is 0.352 e. The molecule has 0 aromatic heterocycles. The topological polar surface area (TPSA) is 58.4 Å². The highest BCUT2D eigenvalue weighted by Crippen LogP contribution is 2.13. The summed E-state index contributed by atoms with van der Waals surface area (Å²) in [4.78, 5) is 14.3. The van der Waals surface area contributed by atoms with E-state index in [0.717, 1.165) is 13.0 Å². The predicted octanol–water partition coefficient (Wildman–Crippen LogP) is 1.99. The molecule has 0 spiro atoms. The predicted molar refractivity (Wildman–Crippen MR) is 87.7 cm³/mol. The van der Waals surface area contributed by atoms with Gasteiger partial charge in [-0.3, -0.25) is 4.79 Å². The standard InChI is InChI=1S/C17H29N3O/c1-13(2)9-16(10-18)17(21)19-11-14-7-5-6-8-15(14)12-20(3)4/h5-8,13,16H,9-12,18H2,1-4H3,(H,19,21). The Bertz CT molecular complexity index is 443. The quantitative estimate of drug-likeness (QED) is 0.770. The van der Waals surface area contributed by atoms with Gasteiger partial charge in [0.05, 0.1) is 5.92 Å². The average Bonchev–Trinajstić information content (AvgIpc) is 2.42. The maximum atomic E-state index is 12.2. The first-order valence-electron chi connectivity index (χ1n) is 7.63. The van der Waals surface area contributed by atoms with E-state index in [-0.39, 0.29) is 11.8 Å². The minimum atomic E-state index is -0.0917. The lowest BCUT2D eigenvalue weighted by Crippen LogP contribution is -2.35. The van der Waals surface area contributed by atoms with Crippen LogP contribution in [0.15, 0.2) is 24.3 Å². The van der Waals surface area contributed by atoms with E-state index in [4.69, 9.17) is 5.73 Å². The number of hydrogen-bond donors (Lipinski definition) is 2. The van der Waals surface area contributed by atoms with Gasteiger partial charge in [0, 0.05) is 19.6 Å². The molecule has 0 aliphatic rings. The molecular formula is C17H29N3O. The molecule has 21 heavy (non-hydrogen) atoms. The van der Waals surface area contributed by atoms with E-state index in [9.17, 15) is 4.79 Å². The zero-order valence-electron chi connectivity index (χ0n) is 13.7. The van der Waals surface area contributed by atoms with Crippen LogP contribution in [0.4, 0.5) is 0 Å². The SMILES string of the molecule is CC(C)CC(CN)C(=O)NCc1ccccc1CN(C)C. The van der Waals surface area contributed by atoms with Crippen molar-refractivity contribution in [1.29, 1.82) is 0 Å². The first-order chi connectivity index (χ1) is 9.93. The van der Waals surface area contributed by atoms with Gasteiger partial charge in [0.1, 0.15) is 0 Å². The van der Waals surface area contributed by atoms with Crippen molar-refractivity contribution in [2.45, 2.75) is 33.4 Å². The minimum Gasteiger partial charge on any atom is -0.352 e. The molecule has 1 rings (SSSR count). The number of amides is 1. The van der Waals surface area contributed by atoms with Gasteiger partial charge in [-0.15, -0.1) is 0 Å². The summed E-state index contributed by atoms with van der Waals surface area (Å²) in [6, 6.07) is 8.22. The maximum absolute atomic E-state index is 12.2. The second-order valence-corrected chi connectivity index (χ2v) is 6.29. The fraction of sp³-hybridized carbons (Fsp3) is 0.588. The fourth-order valence-electron chi connectivity index (χ4n) is 2.43. The van der Waals surface area contributed by atoms with Crippen LogP contribution < -0.4 is 11.1 Å². The molecule has 3 N–H and O–H groups in total. The zero-order valence-corrected chi connectivity index (χ0v) is 13.7. The van der Waals surface area contributed by atoms with Crippen LogP contribution in [0.2, 0.25) is 0 Å². The lowest BCUT2D eigenvalue weighted by molar-refractivity contribution is -0.125. The van der Waals surface area contributed by atoms with Gasteiger partial charge in [-0.1, -0.05) is 38.1 Å². The summed E-state index contributed by atoms with van der Waals surface area (Å²) in [5.74, 6) is 0.446. The van der Waals surface area contributed by atoms with Gasteiger partial charge < -0.3 is 16.0 Å². The van der Waals surface area contributed by atoms with Crippen molar-refractivity contribution in [3.8, 4) is 0 Å². The van der Waals surface area contributed by atoms with Crippen LogP contribution in [-0.4, -0.2) is 31.4 Å². The first-order valence-corrected chi connectivity index (χ1v) is 7.63. The van der Waals surface area contributed by atoms with Crippen molar-refractivity contribution in [2.75, 3.05) is 20.6 Å². The average molecular weight is 291 g/mol. The molecule has 0 heterocycles. The third kappa shape index (κ3) is 6.27. The number of carbonyl (C=O) groups is 1. The van der Waals surface area contributed by atoms with Gasteiger partial charge in [-0.2, -0.15) is 0 Å². The van der Waals surface area contributed by atoms with E-state index in [0.29, 0.717) is 19.0 Å². The second-order valence-electron chi connectivity index (χ2n) is 6.29. The molecule has 1 atom stereocenters. The Morgan fingerprint density at radius 2 is 1.86 bits per heavy atom. The first kappa shape index (κ1) is 17.7. The van der Waals surface area contributed by atoms with Crippen LogP contribution in [0.1, 0.15) is 31.4 Å². The third-order valence-electron chi connectivity index (χ3n) is 3.47. The number of hydrogen-bond acceptors (Lipinski definition) is 3. The number of benzene rings is 1. The molecule has 4 heteroatoms. The minimum absolute atomic E-state index is 0.0610. The molecule has 1 aromatic carbocycles. The molecular weight excluding hydrogens is 262 g/mol. The van der Waals surface area contributed by atoms with E-state index in [1.54, 1.807) is 0 Å². The van der Waals surface area contributed by atoms with E-state index >= 15 is 0 Å². The number of rotatable bonds is 8. The van der Waals surface area contributed by atoms with E-state index in [1.807, 2.05) is 26.2 Å². The molecule has 0 saturated heterocycles. The second kappa shape index (κ2) is 8.80. The Hall–Kier alpha value is -1.39. The van der Waals surface area contributed by atoms with Crippen molar-refractivity contribution < 1.29 is 4.79 Å². The monoisotopic (exact) mass is 291 g/mol. The Kier molecular flexibility index (Phi) is 7.40. The highest BCUT2D eigenvalue weighted by molar-refractivity contribution is 5.78. The van der Waals surface area contributed by atoms with Crippen LogP contribution in [0, 0.1) is 11.8 Å². The lowest BCUT2D eigenvalue weighted by Gasteiger charge is -2.18. The molecule has 0 aliphatic heterocycles. The molecule has 0 aliphatic carbocycles. The van der Waals surface area contributed by atoms with Crippen LogP contribution >= 0.6 is 0 Å². The summed E-state index contributed by atoms with van der Waals surface area (Å²) in [5.41, 5.74) is 8.13. The Balaban J connectivity index is 2.64. The maximum Gasteiger partial charge on any atom is 0.224 e. The fourth-order valence-corrected chi connectivity index (χ4v) is 2.43. The van der Waals surface area contributed by atoms with E-state index in [1.165, 1.54) is 11.1 Å². The van der Waals surface area contributed by atoms with Gasteiger partial charge in [0.2, 0.25) is 5.91 Å². The van der Waals surface area contributed by atoms with Crippen LogP contribution in [0.5, 0.6) is 0 Å². The summed E-state index contributed by atoms with van der Waals surface area (Å²) < 4.78 is 0. The van der Waals surface area contributed by atoms with Gasteiger partial charge in [-0.25, -0.2) is 0 Å². The van der Waals surface area contributed by atoms with Gasteiger partial charge in [-0.05, 0) is 37.6 Å². The van der Waals surface area contributed by atoms with E-state index in [2.05, 4.69) is 36.2 Å². The number of nitrogens with zero attached hydrogens (tertiary/aromatic N) is 1. The summed E-state index contributed by atoms with van der Waals surface area (Å²) in [6.45, 7) is 6.07. The summed E-state index contributed by atoms with van der Waals surface area (Å²) in [6.07, 6.45) is 0.835. The van der Waals surface area contributed by atoms with Crippen LogP contribution in [-0.2, 0) is 17.9 Å². The highest BCUT2D eigenvalue weighted by Gasteiger charge is 2.18. The van der Waals surface area contributed by atoms with E-state index < -0.39 is 0 Å². The Morgan fingerprint density at radius 3 is 2.38 bits per heavy atom. The van der Waals surface area contributed by atoms with Crippen molar-refractivity contribution in [3.63, 3.8) is 0 Å². The smallest absolute Gasteiger partial charge is 0.224 e. The van der Waals surface area contributed by atoms with Crippen molar-refractivity contribution in [2.24, 2.45) is 17.6 Å². The highest BCUT2D eigenvalue weighted by atomic mass is 16.1. The number of nitrogens with one attached hydrogen (secondary N) is 1. The van der Waals surface area contributed by atoms with Crippen molar-refractivity contribution >= 4 is 5.91 Å². The molecule has 118 valence electrons. The molecule has 1 aromatic rings. The molecule has 0 bridgehead atoms. The third-order valence-corrected chi connectivity index (χ3v) is 3.47. The summed E-state index contributed by atoms with van der Waals surface area (Å²) in [7, 11) is 4.09. The van der Waals surface area contributed by atoms with Crippen molar-refractivity contribution in [1.82, 2.24) is 10.2 Å². The lowest BCUT2D eigenvalue weighted by atomic mass is 9.96. The molecule has 0 radical (unpaired) electrons. The van der Waals surface area contributed by atoms with Gasteiger partial charge in [0.15, 0.2) is 0 Å². The van der Waals surface area contributed by atoms with Gasteiger partial charge >= 0.3 is 0 Å². The number of carbonyl (C=O) groups excluding carboxylic acids is 1. The summed E-state index contributed by atoms with van der Waals surface area (Å²) in [5, 5.41) is 3.03. The van der Waals surface area contributed by atoms with Gasteiger partial charge in [0.25, 0.3) is 0 Å². The molecule has 4 nitrogen and oxygen atoms in total. The molecule has 0 saturated carbocycles. The summed E-state index contributed by atoms with van der Waals surface area (Å²) >= 11 is 0.